The van der Waals surface area contributed by atoms with Gasteiger partial charge in [-0.15, -0.1) is 0 Å². The molecule has 106 heavy (non-hydrogen) atoms. The highest BCUT2D eigenvalue weighted by Gasteiger charge is 2.28. The summed E-state index contributed by atoms with van der Waals surface area (Å²) < 4.78 is 9.92. The zero-order chi connectivity index (χ0) is 73.5. The maximum Gasteiger partial charge on any atom is 0.488 e. The molecular formula is C82H95BBrCl4N11O7. The third kappa shape index (κ3) is 26.4. The number of benzene rings is 6. The summed E-state index contributed by atoms with van der Waals surface area (Å²) in [5.41, 5.74) is 17.6. The summed E-state index contributed by atoms with van der Waals surface area (Å²) in [6.45, 7) is 10.8. The standard InChI is InChI=1S/C25H25Cl2N3O.C17H21N3.C13H12N2O.C7H7BO3.C7H6Cl2.C6H7BrN2.C4H9N.CO2.2CH4/c26-21-10-19(11-22(27)13-21)12-25(31)30(14-17-6-7-17)15-18-3-1-4-20(9-18)23-16-29-8-2-5-24(29)28-23;1-3-14(11-18-10-13-6-7-13)9-15(4-1)16-12-20-8-2-5-17(20)19-16;16-9-10-3-1-4-11(7-10)12-8-15-6-2-5-13(15)14-12;9-5-6-2-1-3-7(4-6)8(10)11;1-5-2-6(8)4-7(9)3-5;7-5-4-9-3-1-2-6(9)8-5;5-3-4-1-2-4;2-1-3;;/h1,3-4,9-11,13,16-17H,2,5-8,12,14-15H2;1,3-4,9,12-13,18H,2,5-8,10-11H2;1,3-4,7-9H,2,5-6H2;1-5,10-11H;2-4H,1H3;4H,1-3H2;4H,1-3,5H2;;2*1H4. The second-order valence-corrected chi connectivity index (χ2v) is 29.6. The molecule has 0 saturated heterocycles. The van der Waals surface area contributed by atoms with Gasteiger partial charge in [-0.2, -0.15) is 9.59 Å². The molecule has 8 heterocycles. The van der Waals surface area contributed by atoms with Crippen molar-refractivity contribution in [3.05, 3.63) is 240 Å². The summed E-state index contributed by atoms with van der Waals surface area (Å²) >= 11 is 26.9. The van der Waals surface area contributed by atoms with E-state index in [0.29, 0.717) is 61.8 Å². The van der Waals surface area contributed by atoms with Gasteiger partial charge < -0.3 is 44.3 Å². The van der Waals surface area contributed by atoms with Gasteiger partial charge in [-0.25, -0.2) is 19.9 Å². The molecule has 3 saturated carbocycles. The van der Waals surface area contributed by atoms with Gasteiger partial charge in [0, 0.05) is 144 Å². The zero-order valence-electron chi connectivity index (χ0n) is 58.4. The van der Waals surface area contributed by atoms with Crippen LogP contribution in [0.5, 0.6) is 0 Å². The first kappa shape index (κ1) is 83.5. The largest absolute Gasteiger partial charge is 0.488 e. The van der Waals surface area contributed by atoms with E-state index in [0.717, 1.165) is 145 Å². The average molecular weight is 1580 g/mol. The quantitative estimate of drug-likeness (QED) is 0.0491. The summed E-state index contributed by atoms with van der Waals surface area (Å²) in [5, 5.41) is 23.4. The van der Waals surface area contributed by atoms with Crippen LogP contribution in [0.15, 0.2) is 163 Å². The molecule has 5 N–H and O–H groups in total. The van der Waals surface area contributed by atoms with Gasteiger partial charge in [-0.1, -0.05) is 140 Å². The molecule has 0 radical (unpaired) electrons. The van der Waals surface area contributed by atoms with Crippen molar-refractivity contribution >= 4 is 99.5 Å². The Morgan fingerprint density at radius 1 is 0.566 bits per heavy atom. The SMILES string of the molecule is Brc1cn2c(n1)CCC2.C.C.Cc1cc(Cl)cc(Cl)c1.NCC1CC1.O=C(Cc1cc(Cl)cc(Cl)c1)N(Cc1cccc(-c2cn3c(n2)CCC3)c1)CC1CC1.O=C=O.O=Cc1cccc(-c2cn3c(n2)CCC3)c1.O=Cc1cccc(B(O)O)c1.c1cc(CNCC2CC2)cc(-c2cn3c(n2)CCC3)c1. The lowest BCUT2D eigenvalue weighted by atomic mass is 9.80. The van der Waals surface area contributed by atoms with Crippen LogP contribution in [0.3, 0.4) is 0 Å². The molecule has 0 spiro atoms. The topological polar surface area (TPSA) is 238 Å². The van der Waals surface area contributed by atoms with Gasteiger partial charge in [-0.05, 0) is 200 Å². The van der Waals surface area contributed by atoms with Crippen LogP contribution < -0.4 is 16.5 Å². The molecule has 0 unspecified atom stereocenters. The predicted molar refractivity (Wildman–Crippen MR) is 427 cm³/mol. The smallest absolute Gasteiger partial charge is 0.423 e. The van der Waals surface area contributed by atoms with E-state index >= 15 is 0 Å². The van der Waals surface area contributed by atoms with Gasteiger partial charge >= 0.3 is 13.3 Å². The maximum atomic E-state index is 13.2. The zero-order valence-corrected chi connectivity index (χ0v) is 63.0. The Morgan fingerprint density at radius 3 is 1.42 bits per heavy atom. The highest BCUT2D eigenvalue weighted by Crippen LogP contribution is 2.33. The van der Waals surface area contributed by atoms with Crippen molar-refractivity contribution in [2.45, 2.75) is 157 Å². The lowest BCUT2D eigenvalue weighted by molar-refractivity contribution is -0.191. The first-order chi connectivity index (χ1) is 50.4. The Balaban J connectivity index is 0.000000165. The number of fused-ring (bicyclic) bond motifs is 4. The van der Waals surface area contributed by atoms with Crippen molar-refractivity contribution in [1.29, 1.82) is 0 Å². The number of aryl methyl sites for hydroxylation is 9. The van der Waals surface area contributed by atoms with Crippen molar-refractivity contribution < 1.29 is 34.0 Å². The molecular weight excluding hydrogens is 1480 g/mol. The third-order valence-corrected chi connectivity index (χ3v) is 19.6. The second-order valence-electron chi connectivity index (χ2n) is 27.1. The van der Waals surface area contributed by atoms with Crippen LogP contribution >= 0.6 is 62.3 Å². The van der Waals surface area contributed by atoms with Crippen molar-refractivity contribution in [1.82, 2.24) is 48.4 Å². The Morgan fingerprint density at radius 2 is 0.991 bits per heavy atom. The highest BCUT2D eigenvalue weighted by molar-refractivity contribution is 9.10. The summed E-state index contributed by atoms with van der Waals surface area (Å²) in [6, 6.07) is 41.7. The number of nitrogens with two attached hydrogens (primary N) is 1. The van der Waals surface area contributed by atoms with E-state index in [1.54, 1.807) is 30.3 Å². The van der Waals surface area contributed by atoms with Crippen LogP contribution in [0, 0.1) is 24.7 Å². The molecule has 6 aromatic carbocycles. The predicted octanol–water partition coefficient (Wildman–Crippen LogP) is 16.2. The molecule has 3 fully saturated rings. The normalized spacial score (nSPS) is 14.1. The average Bonchev–Trinajstić information content (AvgIpc) is 1.68. The fraction of sp³-hybridized carbons (Fsp3) is 0.366. The molecule has 10 aromatic rings. The van der Waals surface area contributed by atoms with Gasteiger partial charge in [-0.3, -0.25) is 14.4 Å². The van der Waals surface area contributed by atoms with E-state index in [-0.39, 0.29) is 26.9 Å². The number of rotatable bonds is 17. The minimum Gasteiger partial charge on any atom is -0.423 e. The van der Waals surface area contributed by atoms with Crippen LogP contribution in [0.2, 0.25) is 20.1 Å². The van der Waals surface area contributed by atoms with Gasteiger partial charge in [0.15, 0.2) is 0 Å². The van der Waals surface area contributed by atoms with Crippen molar-refractivity contribution in [3.8, 4) is 33.8 Å². The molecule has 17 rings (SSSR count). The molecule has 558 valence electrons. The van der Waals surface area contributed by atoms with Crippen molar-refractivity contribution in [2.75, 3.05) is 19.6 Å². The molecule has 3 aliphatic carbocycles. The fourth-order valence-corrected chi connectivity index (χ4v) is 14.2. The maximum absolute atomic E-state index is 13.2. The molecule has 4 aromatic heterocycles. The summed E-state index contributed by atoms with van der Waals surface area (Å²) in [4.78, 5) is 70.8. The van der Waals surface area contributed by atoms with Gasteiger partial charge in [0.25, 0.3) is 0 Å². The number of nitrogens with zero attached hydrogens (tertiary/aromatic N) is 9. The number of halogens is 5. The Kier molecular flexibility index (Phi) is 33.0. The van der Waals surface area contributed by atoms with E-state index in [4.69, 9.17) is 81.7 Å². The minimum atomic E-state index is -1.50. The Labute approximate surface area is 651 Å². The number of aldehydes is 2. The lowest BCUT2D eigenvalue weighted by Crippen LogP contribution is -2.33. The number of hydrogen-bond donors (Lipinski definition) is 4. The minimum absolute atomic E-state index is 0. The first-order valence-corrected chi connectivity index (χ1v) is 37.8. The second kappa shape index (κ2) is 41.9. The number of imidazole rings is 4. The summed E-state index contributed by atoms with van der Waals surface area (Å²) in [5.74, 6) is 7.38. The number of aromatic nitrogens is 8. The van der Waals surface area contributed by atoms with E-state index in [1.165, 1.54) is 111 Å². The highest BCUT2D eigenvalue weighted by atomic mass is 79.9. The number of carbonyl (C=O) groups excluding carboxylic acids is 5. The molecule has 24 heteroatoms. The van der Waals surface area contributed by atoms with E-state index in [9.17, 15) is 14.4 Å². The van der Waals surface area contributed by atoms with Crippen LogP contribution in [0.1, 0.15) is 145 Å². The number of hydrogen-bond acceptors (Lipinski definition) is 13. The van der Waals surface area contributed by atoms with Gasteiger partial charge in [0.05, 0.1) is 23.5 Å². The summed E-state index contributed by atoms with van der Waals surface area (Å²) in [6.07, 6.45) is 27.8. The molecule has 0 bridgehead atoms. The number of amides is 1. The van der Waals surface area contributed by atoms with Crippen LogP contribution in [0.25, 0.3) is 33.8 Å². The number of nitrogens with one attached hydrogen (secondary N) is 1. The number of carbonyl (C=O) groups is 3. The van der Waals surface area contributed by atoms with Gasteiger partial charge in [0.2, 0.25) is 5.91 Å². The first-order valence-electron chi connectivity index (χ1n) is 35.5. The molecule has 7 aliphatic rings. The molecule has 4 aliphatic heterocycles. The lowest BCUT2D eigenvalue weighted by Gasteiger charge is -2.23. The Hall–Kier alpha value is -8.11. The molecule has 1 amide bonds. The van der Waals surface area contributed by atoms with E-state index in [2.05, 4.69) is 117 Å². The van der Waals surface area contributed by atoms with Crippen molar-refractivity contribution in [2.24, 2.45) is 23.5 Å². The van der Waals surface area contributed by atoms with E-state index in [1.807, 2.05) is 60.5 Å². The summed E-state index contributed by atoms with van der Waals surface area (Å²) in [7, 11) is -1.50. The van der Waals surface area contributed by atoms with Crippen molar-refractivity contribution in [3.63, 3.8) is 0 Å². The fourth-order valence-electron chi connectivity index (χ4n) is 12.5. The van der Waals surface area contributed by atoms with Crippen LogP contribution in [0.4, 0.5) is 0 Å². The molecule has 18 nitrogen and oxygen atoms in total. The molecule has 0 atom stereocenters. The monoisotopic (exact) mass is 1580 g/mol. The Bertz CT molecular complexity index is 4380. The third-order valence-electron chi connectivity index (χ3n) is 18.4. The van der Waals surface area contributed by atoms with E-state index < -0.39 is 7.12 Å². The van der Waals surface area contributed by atoms with Crippen LogP contribution in [-0.2, 0) is 85.8 Å². The van der Waals surface area contributed by atoms with Gasteiger partial charge in [0.1, 0.15) is 40.5 Å². The van der Waals surface area contributed by atoms with Crippen LogP contribution in [-0.4, -0.2) is 105 Å².